The van der Waals surface area contributed by atoms with Crippen molar-refractivity contribution in [3.8, 4) is 5.75 Å². The Labute approximate surface area is 147 Å². The molecular weight excluding hydrogens is 342 g/mol. The molecule has 0 aliphatic heterocycles. The number of hydrogen-bond acceptors (Lipinski definition) is 5. The number of hydrogen-bond donors (Lipinski definition) is 1. The van der Waals surface area contributed by atoms with Crippen LogP contribution >= 0.6 is 0 Å². The second-order valence-electron chi connectivity index (χ2n) is 5.46. The van der Waals surface area contributed by atoms with Gasteiger partial charge in [0.05, 0.1) is 25.0 Å². The normalized spacial score (nSPS) is 11.0. The summed E-state index contributed by atoms with van der Waals surface area (Å²) >= 11 is 0. The maximum absolute atomic E-state index is 12.8. The monoisotopic (exact) mass is 363 g/mol. The minimum absolute atomic E-state index is 0.0109. The Bertz CT molecular complexity index is 890. The van der Waals surface area contributed by atoms with E-state index in [0.29, 0.717) is 0 Å². The molecule has 0 aliphatic rings. The standard InChI is InChI=1S/C18H21NO5S/c1-5-24-18(20)14-8-6-7-9-15(14)19-25(21,22)17-11-13(3)12(2)10-16(17)23-4/h6-11,19H,5H2,1-4H3. The highest BCUT2D eigenvalue weighted by atomic mass is 32.2. The molecule has 0 aromatic heterocycles. The van der Waals surface area contributed by atoms with E-state index in [0.717, 1.165) is 11.1 Å². The molecule has 0 heterocycles. The molecule has 0 saturated carbocycles. The fraction of sp³-hybridized carbons (Fsp3) is 0.278. The van der Waals surface area contributed by atoms with Gasteiger partial charge in [-0.1, -0.05) is 12.1 Å². The van der Waals surface area contributed by atoms with E-state index in [2.05, 4.69) is 4.72 Å². The van der Waals surface area contributed by atoms with Gasteiger partial charge >= 0.3 is 5.97 Å². The van der Waals surface area contributed by atoms with Gasteiger partial charge in [0, 0.05) is 0 Å². The number of nitrogens with one attached hydrogen (secondary N) is 1. The van der Waals surface area contributed by atoms with Crippen LogP contribution in [0.1, 0.15) is 28.4 Å². The van der Waals surface area contributed by atoms with Gasteiger partial charge in [-0.05, 0) is 56.2 Å². The Morgan fingerprint density at radius 2 is 1.76 bits per heavy atom. The average Bonchev–Trinajstić information content (AvgIpc) is 2.57. The number of sulfonamides is 1. The van der Waals surface area contributed by atoms with Crippen LogP contribution in [-0.2, 0) is 14.8 Å². The molecule has 0 saturated heterocycles. The van der Waals surface area contributed by atoms with Crippen LogP contribution in [0, 0.1) is 13.8 Å². The molecule has 0 amide bonds. The second kappa shape index (κ2) is 7.57. The summed E-state index contributed by atoms with van der Waals surface area (Å²) in [5, 5.41) is 0. The highest BCUT2D eigenvalue weighted by molar-refractivity contribution is 7.92. The van der Waals surface area contributed by atoms with E-state index in [1.54, 1.807) is 31.2 Å². The zero-order valence-corrected chi connectivity index (χ0v) is 15.4. The topological polar surface area (TPSA) is 81.7 Å². The van der Waals surface area contributed by atoms with Crippen LogP contribution in [-0.4, -0.2) is 28.1 Å². The molecule has 2 aromatic rings. The van der Waals surface area contributed by atoms with Crippen molar-refractivity contribution < 1.29 is 22.7 Å². The van der Waals surface area contributed by atoms with E-state index in [4.69, 9.17) is 9.47 Å². The molecule has 134 valence electrons. The maximum atomic E-state index is 12.8. The van der Waals surface area contributed by atoms with Gasteiger partial charge in [-0.3, -0.25) is 4.72 Å². The van der Waals surface area contributed by atoms with Crippen LogP contribution in [0.5, 0.6) is 5.75 Å². The number of rotatable bonds is 6. The maximum Gasteiger partial charge on any atom is 0.340 e. The number of carbonyl (C=O) groups is 1. The summed E-state index contributed by atoms with van der Waals surface area (Å²) < 4.78 is 38.3. The first-order valence-electron chi connectivity index (χ1n) is 7.74. The Hall–Kier alpha value is -2.54. The molecule has 0 fully saturated rings. The first kappa shape index (κ1) is 18.8. The number of benzene rings is 2. The van der Waals surface area contributed by atoms with Gasteiger partial charge in [0.25, 0.3) is 10.0 Å². The SMILES string of the molecule is CCOC(=O)c1ccccc1NS(=O)(=O)c1cc(C)c(C)cc1OC. The summed E-state index contributed by atoms with van der Waals surface area (Å²) in [6.07, 6.45) is 0. The number of esters is 1. The highest BCUT2D eigenvalue weighted by Gasteiger charge is 2.23. The minimum atomic E-state index is -3.95. The lowest BCUT2D eigenvalue weighted by Gasteiger charge is -2.15. The molecule has 2 rings (SSSR count). The summed E-state index contributed by atoms with van der Waals surface area (Å²) in [5.41, 5.74) is 2.04. The Morgan fingerprint density at radius 1 is 1.12 bits per heavy atom. The van der Waals surface area contributed by atoms with Crippen molar-refractivity contribution in [1.29, 1.82) is 0 Å². The van der Waals surface area contributed by atoms with Crippen molar-refractivity contribution >= 4 is 21.7 Å². The van der Waals surface area contributed by atoms with Crippen molar-refractivity contribution in [3.05, 3.63) is 53.1 Å². The molecule has 0 atom stereocenters. The fourth-order valence-electron chi connectivity index (χ4n) is 2.29. The van der Waals surface area contributed by atoms with E-state index in [1.807, 2.05) is 13.8 Å². The number of para-hydroxylation sites is 1. The Balaban J connectivity index is 2.48. The molecule has 1 N–H and O–H groups in total. The number of carbonyl (C=O) groups excluding carboxylic acids is 1. The molecule has 7 heteroatoms. The van der Waals surface area contributed by atoms with Crippen LogP contribution in [0.15, 0.2) is 41.3 Å². The van der Waals surface area contributed by atoms with Crippen LogP contribution in [0.2, 0.25) is 0 Å². The minimum Gasteiger partial charge on any atom is -0.495 e. The predicted molar refractivity (Wildman–Crippen MR) is 95.7 cm³/mol. The number of anilines is 1. The smallest absolute Gasteiger partial charge is 0.340 e. The largest absolute Gasteiger partial charge is 0.495 e. The average molecular weight is 363 g/mol. The van der Waals surface area contributed by atoms with E-state index >= 15 is 0 Å². The Kier molecular flexibility index (Phi) is 5.69. The third-order valence-corrected chi connectivity index (χ3v) is 5.12. The van der Waals surface area contributed by atoms with Gasteiger partial charge in [0.15, 0.2) is 0 Å². The summed E-state index contributed by atoms with van der Waals surface area (Å²) in [6.45, 7) is 5.58. The first-order chi connectivity index (χ1) is 11.8. The molecule has 0 spiro atoms. The molecule has 2 aromatic carbocycles. The lowest BCUT2D eigenvalue weighted by atomic mass is 10.1. The van der Waals surface area contributed by atoms with E-state index < -0.39 is 16.0 Å². The summed E-state index contributed by atoms with van der Waals surface area (Å²) in [6, 6.07) is 9.51. The van der Waals surface area contributed by atoms with Gasteiger partial charge in [-0.2, -0.15) is 0 Å². The first-order valence-corrected chi connectivity index (χ1v) is 9.22. The zero-order valence-electron chi connectivity index (χ0n) is 14.6. The van der Waals surface area contributed by atoms with E-state index in [9.17, 15) is 13.2 Å². The van der Waals surface area contributed by atoms with Gasteiger partial charge in [0.1, 0.15) is 10.6 Å². The molecule has 25 heavy (non-hydrogen) atoms. The third-order valence-electron chi connectivity index (χ3n) is 3.74. The van der Waals surface area contributed by atoms with Crippen LogP contribution < -0.4 is 9.46 Å². The highest BCUT2D eigenvalue weighted by Crippen LogP contribution is 2.29. The predicted octanol–water partition coefficient (Wildman–Crippen LogP) is 3.29. The van der Waals surface area contributed by atoms with Crippen molar-refractivity contribution in [2.75, 3.05) is 18.4 Å². The lowest BCUT2D eigenvalue weighted by Crippen LogP contribution is -2.17. The molecule has 0 bridgehead atoms. The summed E-state index contributed by atoms with van der Waals surface area (Å²) in [7, 11) is -2.54. The number of ether oxygens (including phenoxy) is 2. The third kappa shape index (κ3) is 4.11. The van der Waals surface area contributed by atoms with Gasteiger partial charge in [-0.15, -0.1) is 0 Å². The molecule has 0 radical (unpaired) electrons. The van der Waals surface area contributed by atoms with Crippen molar-refractivity contribution in [2.24, 2.45) is 0 Å². The van der Waals surface area contributed by atoms with Crippen molar-refractivity contribution in [2.45, 2.75) is 25.7 Å². The van der Waals surface area contributed by atoms with E-state index in [-0.39, 0.29) is 28.5 Å². The molecule has 6 nitrogen and oxygen atoms in total. The fourth-order valence-corrected chi connectivity index (χ4v) is 3.61. The van der Waals surface area contributed by atoms with Gasteiger partial charge < -0.3 is 9.47 Å². The Morgan fingerprint density at radius 3 is 2.40 bits per heavy atom. The van der Waals surface area contributed by atoms with Crippen LogP contribution in [0.4, 0.5) is 5.69 Å². The number of methoxy groups -OCH3 is 1. The van der Waals surface area contributed by atoms with Crippen LogP contribution in [0.25, 0.3) is 0 Å². The van der Waals surface area contributed by atoms with Gasteiger partial charge in [-0.25, -0.2) is 13.2 Å². The quantitative estimate of drug-likeness (QED) is 0.797. The molecule has 0 unspecified atom stereocenters. The molecular formula is C18H21NO5S. The van der Waals surface area contributed by atoms with Crippen LogP contribution in [0.3, 0.4) is 0 Å². The zero-order chi connectivity index (χ0) is 18.6. The summed E-state index contributed by atoms with van der Waals surface area (Å²) in [5.74, 6) is -0.350. The van der Waals surface area contributed by atoms with Crippen molar-refractivity contribution in [1.82, 2.24) is 0 Å². The summed E-state index contributed by atoms with van der Waals surface area (Å²) in [4.78, 5) is 12.0. The number of aryl methyl sites for hydroxylation is 2. The van der Waals surface area contributed by atoms with Crippen molar-refractivity contribution in [3.63, 3.8) is 0 Å². The van der Waals surface area contributed by atoms with Gasteiger partial charge in [0.2, 0.25) is 0 Å². The molecule has 0 aliphatic carbocycles. The second-order valence-corrected chi connectivity index (χ2v) is 7.11. The van der Waals surface area contributed by atoms with E-state index in [1.165, 1.54) is 19.2 Å². The lowest BCUT2D eigenvalue weighted by molar-refractivity contribution is 0.0527.